The zero-order valence-corrected chi connectivity index (χ0v) is 24.7. The number of aromatic nitrogens is 1. The Morgan fingerprint density at radius 1 is 1.10 bits per heavy atom. The molecule has 3 fully saturated rings. The van der Waals surface area contributed by atoms with Gasteiger partial charge in [-0.25, -0.2) is 14.4 Å². The molecule has 216 valence electrons. The van der Waals surface area contributed by atoms with Crippen molar-refractivity contribution in [1.82, 2.24) is 29.9 Å². The van der Waals surface area contributed by atoms with E-state index in [0.717, 1.165) is 67.8 Å². The summed E-state index contributed by atoms with van der Waals surface area (Å²) in [6, 6.07) is 0.708. The third kappa shape index (κ3) is 5.43. The van der Waals surface area contributed by atoms with Crippen molar-refractivity contribution in [3.63, 3.8) is 0 Å². The van der Waals surface area contributed by atoms with Gasteiger partial charge >= 0.3 is 0 Å². The molecule has 0 bridgehead atoms. The summed E-state index contributed by atoms with van der Waals surface area (Å²) in [6.07, 6.45) is 10.4. The molecule has 1 aliphatic carbocycles. The van der Waals surface area contributed by atoms with Crippen molar-refractivity contribution < 1.29 is 9.18 Å². The summed E-state index contributed by atoms with van der Waals surface area (Å²) in [4.78, 5) is 31.8. The number of guanidine groups is 1. The Kier molecular flexibility index (Phi) is 7.96. The largest absolute Gasteiger partial charge is 0.370 e. The Morgan fingerprint density at radius 3 is 2.48 bits per heavy atom. The number of hydrogen-bond donors (Lipinski definition) is 2. The number of amides is 1. The van der Waals surface area contributed by atoms with Crippen molar-refractivity contribution in [2.75, 3.05) is 72.3 Å². The fourth-order valence-electron chi connectivity index (χ4n) is 6.65. The summed E-state index contributed by atoms with van der Waals surface area (Å²) in [5.74, 6) is 0.357. The molecule has 2 saturated heterocycles. The SMILES string of the molecule is CN1CCC(N2CCN(C3=CNC(Nc4ncc5sc(C(=O)N(C)C)c(C6CCCC6)c5c4F)=NC3)CC2)CC1. The second-order valence-electron chi connectivity index (χ2n) is 11.8. The van der Waals surface area contributed by atoms with Crippen LogP contribution in [-0.2, 0) is 0 Å². The van der Waals surface area contributed by atoms with Gasteiger partial charge in [0.25, 0.3) is 5.91 Å². The third-order valence-electron chi connectivity index (χ3n) is 9.01. The van der Waals surface area contributed by atoms with Crippen LogP contribution < -0.4 is 10.6 Å². The predicted octanol–water partition coefficient (Wildman–Crippen LogP) is 3.72. The summed E-state index contributed by atoms with van der Waals surface area (Å²) in [6.45, 7) is 7.09. The highest BCUT2D eigenvalue weighted by molar-refractivity contribution is 7.21. The van der Waals surface area contributed by atoms with Gasteiger partial charge in [0.2, 0.25) is 5.96 Å². The minimum absolute atomic E-state index is 0.0693. The molecule has 0 aromatic carbocycles. The molecule has 0 spiro atoms. The average Bonchev–Trinajstić information content (AvgIpc) is 3.63. The number of thiophene rings is 1. The van der Waals surface area contributed by atoms with E-state index in [1.165, 1.54) is 37.3 Å². The first-order valence-electron chi connectivity index (χ1n) is 14.7. The van der Waals surface area contributed by atoms with Gasteiger partial charge in [0.05, 0.1) is 21.8 Å². The van der Waals surface area contributed by atoms with Gasteiger partial charge in [-0.2, -0.15) is 0 Å². The summed E-state index contributed by atoms with van der Waals surface area (Å²) in [5, 5.41) is 6.85. The third-order valence-corrected chi connectivity index (χ3v) is 10.1. The van der Waals surface area contributed by atoms with Crippen LogP contribution >= 0.6 is 11.3 Å². The predicted molar refractivity (Wildman–Crippen MR) is 160 cm³/mol. The number of carbonyl (C=O) groups is 1. The Balaban J connectivity index is 1.13. The van der Waals surface area contributed by atoms with Gasteiger partial charge in [0.15, 0.2) is 11.6 Å². The van der Waals surface area contributed by atoms with Gasteiger partial charge in [-0.1, -0.05) is 12.8 Å². The second kappa shape index (κ2) is 11.6. The van der Waals surface area contributed by atoms with E-state index in [9.17, 15) is 4.79 Å². The van der Waals surface area contributed by atoms with E-state index >= 15 is 4.39 Å². The number of halogens is 1. The molecule has 0 radical (unpaired) electrons. The quantitative estimate of drug-likeness (QED) is 0.569. The maximum atomic E-state index is 16.0. The second-order valence-corrected chi connectivity index (χ2v) is 12.9. The summed E-state index contributed by atoms with van der Waals surface area (Å²) in [5.41, 5.74) is 2.02. The molecule has 1 saturated carbocycles. The van der Waals surface area contributed by atoms with E-state index in [-0.39, 0.29) is 17.6 Å². The summed E-state index contributed by atoms with van der Waals surface area (Å²) >= 11 is 1.35. The molecule has 0 unspecified atom stereocenters. The van der Waals surface area contributed by atoms with E-state index in [1.807, 2.05) is 6.20 Å². The lowest BCUT2D eigenvalue weighted by Gasteiger charge is -2.43. The molecule has 2 aromatic heterocycles. The Bertz CT molecular complexity index is 1300. The first-order valence-corrected chi connectivity index (χ1v) is 15.5. The molecule has 11 heteroatoms. The topological polar surface area (TPSA) is 79.3 Å². The van der Waals surface area contributed by atoms with E-state index in [4.69, 9.17) is 0 Å². The lowest BCUT2D eigenvalue weighted by atomic mass is 9.94. The van der Waals surface area contributed by atoms with Gasteiger partial charge < -0.3 is 25.3 Å². The molecular weight excluding hydrogens is 527 g/mol. The number of fused-ring (bicyclic) bond motifs is 1. The lowest BCUT2D eigenvalue weighted by molar-refractivity contribution is 0.0759. The first-order chi connectivity index (χ1) is 19.4. The molecule has 40 heavy (non-hydrogen) atoms. The number of piperidine rings is 1. The molecule has 4 aliphatic rings. The standard InChI is InChI=1S/C29H41FN8OS/c1-35(2)28(39)26-23(19-6-4-5-7-19)24-22(40-26)18-31-27(25(24)30)34-29-32-16-21(17-33-29)38-14-12-37(13-15-38)20-8-10-36(3)11-9-20/h16,18-20H,4-15,17H2,1-3H3,(H2,31,32,33,34). The summed E-state index contributed by atoms with van der Waals surface area (Å²) < 4.78 is 16.8. The van der Waals surface area contributed by atoms with Crippen LogP contribution in [0.2, 0.25) is 0 Å². The number of hydrogen-bond acceptors (Lipinski definition) is 9. The number of nitrogens with one attached hydrogen (secondary N) is 2. The van der Waals surface area contributed by atoms with Crippen LogP contribution in [0.25, 0.3) is 10.1 Å². The molecule has 6 rings (SSSR count). The van der Waals surface area contributed by atoms with Gasteiger partial charge in [-0.3, -0.25) is 9.69 Å². The van der Waals surface area contributed by atoms with E-state index in [1.54, 1.807) is 25.2 Å². The highest BCUT2D eigenvalue weighted by Gasteiger charge is 2.31. The molecule has 1 amide bonds. The van der Waals surface area contributed by atoms with Crippen LogP contribution in [0.15, 0.2) is 23.1 Å². The van der Waals surface area contributed by atoms with Crippen LogP contribution in [0.4, 0.5) is 10.2 Å². The molecule has 9 nitrogen and oxygen atoms in total. The number of pyridine rings is 1. The number of nitrogens with zero attached hydrogens (tertiary/aromatic N) is 6. The molecule has 2 aromatic rings. The number of piperazine rings is 1. The Hall–Kier alpha value is -2.76. The van der Waals surface area contributed by atoms with Crippen molar-refractivity contribution in [3.8, 4) is 0 Å². The van der Waals surface area contributed by atoms with E-state index < -0.39 is 5.82 Å². The Morgan fingerprint density at radius 2 is 1.82 bits per heavy atom. The molecule has 3 aliphatic heterocycles. The molecule has 5 heterocycles. The van der Waals surface area contributed by atoms with Crippen LogP contribution in [0.5, 0.6) is 0 Å². The molecule has 2 N–H and O–H groups in total. The zero-order valence-electron chi connectivity index (χ0n) is 23.9. The summed E-state index contributed by atoms with van der Waals surface area (Å²) in [7, 11) is 5.71. The van der Waals surface area contributed by atoms with Crippen molar-refractivity contribution >= 4 is 39.1 Å². The van der Waals surface area contributed by atoms with Crippen LogP contribution in [0, 0.1) is 5.82 Å². The van der Waals surface area contributed by atoms with Gasteiger partial charge in [0.1, 0.15) is 0 Å². The van der Waals surface area contributed by atoms with Crippen molar-refractivity contribution in [2.45, 2.75) is 50.5 Å². The fraction of sp³-hybridized carbons (Fsp3) is 0.621. The van der Waals surface area contributed by atoms with Crippen molar-refractivity contribution in [3.05, 3.63) is 34.4 Å². The normalized spacial score (nSPS) is 21.9. The van der Waals surface area contributed by atoms with Crippen LogP contribution in [-0.4, -0.2) is 109 Å². The lowest BCUT2D eigenvalue weighted by Crippen LogP contribution is -2.53. The van der Waals surface area contributed by atoms with Crippen molar-refractivity contribution in [2.24, 2.45) is 4.99 Å². The number of aliphatic imine (C=N–C) groups is 1. The highest BCUT2D eigenvalue weighted by Crippen LogP contribution is 2.45. The van der Waals surface area contributed by atoms with Gasteiger partial charge in [-0.15, -0.1) is 11.3 Å². The van der Waals surface area contributed by atoms with Gasteiger partial charge in [0, 0.05) is 64.1 Å². The average molecular weight is 569 g/mol. The minimum atomic E-state index is -0.405. The maximum Gasteiger partial charge on any atom is 0.263 e. The van der Waals surface area contributed by atoms with E-state index in [0.29, 0.717) is 28.8 Å². The number of carbonyl (C=O) groups excluding carboxylic acids is 1. The maximum absolute atomic E-state index is 16.0. The fourth-order valence-corrected chi connectivity index (χ4v) is 7.92. The minimum Gasteiger partial charge on any atom is -0.370 e. The molecular formula is C29H41FN8OS. The first kappa shape index (κ1) is 27.4. The van der Waals surface area contributed by atoms with Crippen molar-refractivity contribution in [1.29, 1.82) is 0 Å². The highest BCUT2D eigenvalue weighted by atomic mass is 32.1. The number of likely N-dealkylation sites (tertiary alicyclic amines) is 1. The number of anilines is 1. The smallest absolute Gasteiger partial charge is 0.263 e. The number of rotatable bonds is 5. The van der Waals surface area contributed by atoms with Gasteiger partial charge in [-0.05, 0) is 57.3 Å². The monoisotopic (exact) mass is 568 g/mol. The zero-order chi connectivity index (χ0) is 27.8. The van der Waals surface area contributed by atoms with Crippen LogP contribution in [0.1, 0.15) is 59.7 Å². The van der Waals surface area contributed by atoms with E-state index in [2.05, 4.69) is 42.4 Å². The van der Waals surface area contributed by atoms with Crippen LogP contribution in [0.3, 0.4) is 0 Å². The Labute approximate surface area is 240 Å². The molecule has 0 atom stereocenters.